The average Bonchev–Trinajstić information content (AvgIpc) is 3.05. The first kappa shape index (κ1) is 19.0. The molecule has 1 aliphatic heterocycles. The summed E-state index contributed by atoms with van der Waals surface area (Å²) in [5.41, 5.74) is -0.397. The Hall–Kier alpha value is -2.35. The van der Waals surface area contributed by atoms with E-state index < -0.39 is 11.4 Å². The van der Waals surface area contributed by atoms with Crippen LogP contribution in [0.3, 0.4) is 0 Å². The monoisotopic (exact) mass is 350 g/mol. The van der Waals surface area contributed by atoms with Crippen molar-refractivity contribution in [3.8, 4) is 0 Å². The van der Waals surface area contributed by atoms with Crippen molar-refractivity contribution < 1.29 is 18.8 Å². The molecule has 0 aromatic carbocycles. The lowest BCUT2D eigenvalue weighted by atomic mass is 9.94. The van der Waals surface area contributed by atoms with Gasteiger partial charge in [-0.25, -0.2) is 4.79 Å². The van der Waals surface area contributed by atoms with Gasteiger partial charge in [0.05, 0.1) is 19.4 Å². The fourth-order valence-electron chi connectivity index (χ4n) is 2.58. The van der Waals surface area contributed by atoms with Crippen molar-refractivity contribution in [2.45, 2.75) is 27.3 Å². The Morgan fingerprint density at radius 2 is 1.84 bits per heavy atom. The molecule has 1 fully saturated rings. The van der Waals surface area contributed by atoms with Crippen molar-refractivity contribution in [2.75, 3.05) is 32.7 Å². The molecule has 0 unspecified atom stereocenters. The smallest absolute Gasteiger partial charge is 0.321 e. The lowest BCUT2D eigenvalue weighted by Crippen LogP contribution is -2.54. The van der Waals surface area contributed by atoms with Crippen LogP contribution in [0.25, 0.3) is 0 Å². The van der Waals surface area contributed by atoms with Gasteiger partial charge < -0.3 is 14.6 Å². The number of hydrogen-bond acceptors (Lipinski definition) is 5. The molecule has 25 heavy (non-hydrogen) atoms. The van der Waals surface area contributed by atoms with Gasteiger partial charge in [0.25, 0.3) is 0 Å². The lowest BCUT2D eigenvalue weighted by Gasteiger charge is -2.37. The number of imide groups is 1. The third-order valence-corrected chi connectivity index (χ3v) is 3.92. The Labute approximate surface area is 147 Å². The molecule has 4 amide bonds. The van der Waals surface area contributed by atoms with Crippen LogP contribution in [-0.4, -0.2) is 60.4 Å². The van der Waals surface area contributed by atoms with Crippen LogP contribution in [0.5, 0.6) is 0 Å². The van der Waals surface area contributed by atoms with Gasteiger partial charge in [-0.15, -0.1) is 0 Å². The highest BCUT2D eigenvalue weighted by atomic mass is 16.3. The molecule has 0 bridgehead atoms. The first-order valence-corrected chi connectivity index (χ1v) is 8.37. The quantitative estimate of drug-likeness (QED) is 0.837. The minimum absolute atomic E-state index is 0.119. The van der Waals surface area contributed by atoms with Crippen molar-refractivity contribution in [3.05, 3.63) is 24.2 Å². The zero-order valence-electron chi connectivity index (χ0n) is 15.0. The van der Waals surface area contributed by atoms with Gasteiger partial charge in [-0.2, -0.15) is 0 Å². The summed E-state index contributed by atoms with van der Waals surface area (Å²) in [5, 5.41) is 4.85. The zero-order chi connectivity index (χ0) is 18.4. The second kappa shape index (κ2) is 8.15. The fraction of sp³-hybridized carbons (Fsp3) is 0.588. The summed E-state index contributed by atoms with van der Waals surface area (Å²) < 4.78 is 5.10. The molecule has 2 N–H and O–H groups in total. The molecule has 0 aliphatic carbocycles. The normalized spacial score (nSPS) is 15.7. The molecule has 0 radical (unpaired) electrons. The molecule has 1 aromatic rings. The predicted octanol–water partition coefficient (Wildman–Crippen LogP) is 0.796. The number of carbonyl (C=O) groups excluding carboxylic acids is 3. The number of piperazine rings is 1. The summed E-state index contributed by atoms with van der Waals surface area (Å²) in [6, 6.07) is 2.91. The van der Waals surface area contributed by atoms with E-state index >= 15 is 0 Å². The summed E-state index contributed by atoms with van der Waals surface area (Å²) in [7, 11) is 0. The molecular formula is C17H26N4O4. The van der Waals surface area contributed by atoms with E-state index in [-0.39, 0.29) is 24.9 Å². The molecule has 0 saturated carbocycles. The molecular weight excluding hydrogens is 324 g/mol. The van der Waals surface area contributed by atoms with Crippen molar-refractivity contribution in [2.24, 2.45) is 5.41 Å². The number of nitrogens with one attached hydrogen (secondary N) is 2. The third kappa shape index (κ3) is 5.90. The van der Waals surface area contributed by atoms with Crippen LogP contribution in [0.2, 0.25) is 0 Å². The lowest BCUT2D eigenvalue weighted by molar-refractivity contribution is -0.141. The van der Waals surface area contributed by atoms with E-state index in [0.29, 0.717) is 31.9 Å². The van der Waals surface area contributed by atoms with Crippen LogP contribution in [0.4, 0.5) is 4.79 Å². The Balaban J connectivity index is 1.68. The zero-order valence-corrected chi connectivity index (χ0v) is 15.0. The largest absolute Gasteiger partial charge is 0.467 e. The number of furan rings is 1. The minimum atomic E-state index is -0.553. The first-order chi connectivity index (χ1) is 11.8. The minimum Gasteiger partial charge on any atom is -0.467 e. The molecule has 1 aliphatic rings. The SMILES string of the molecule is CC(C)(C)C(=O)N1CCN(CC(=O)NC(=O)NCc2ccco2)CC1. The molecule has 2 rings (SSSR count). The maximum Gasteiger partial charge on any atom is 0.321 e. The van der Waals surface area contributed by atoms with Gasteiger partial charge in [-0.3, -0.25) is 19.8 Å². The van der Waals surface area contributed by atoms with E-state index in [1.165, 1.54) is 6.26 Å². The number of amides is 4. The first-order valence-electron chi connectivity index (χ1n) is 8.37. The highest BCUT2D eigenvalue weighted by molar-refractivity contribution is 5.95. The predicted molar refractivity (Wildman–Crippen MR) is 91.6 cm³/mol. The highest BCUT2D eigenvalue weighted by Gasteiger charge is 2.30. The number of urea groups is 1. The summed E-state index contributed by atoms with van der Waals surface area (Å²) >= 11 is 0. The highest BCUT2D eigenvalue weighted by Crippen LogP contribution is 2.18. The maximum absolute atomic E-state index is 12.2. The van der Waals surface area contributed by atoms with E-state index in [9.17, 15) is 14.4 Å². The van der Waals surface area contributed by atoms with Gasteiger partial charge in [0.1, 0.15) is 5.76 Å². The Bertz CT molecular complexity index is 599. The standard InChI is InChI=1S/C17H26N4O4/c1-17(2,3)15(23)21-8-6-20(7-9-21)12-14(22)19-16(24)18-11-13-5-4-10-25-13/h4-5,10H,6-9,11-12H2,1-3H3,(H2,18,19,22,24). The van der Waals surface area contributed by atoms with E-state index in [2.05, 4.69) is 10.6 Å². The molecule has 1 saturated heterocycles. The third-order valence-electron chi connectivity index (χ3n) is 3.92. The maximum atomic E-state index is 12.2. The fourth-order valence-corrected chi connectivity index (χ4v) is 2.58. The van der Waals surface area contributed by atoms with Crippen LogP contribution in [-0.2, 0) is 16.1 Å². The summed E-state index contributed by atoms with van der Waals surface area (Å²) in [6.45, 7) is 8.46. The molecule has 138 valence electrons. The van der Waals surface area contributed by atoms with Crippen molar-refractivity contribution >= 4 is 17.8 Å². The van der Waals surface area contributed by atoms with Gasteiger partial charge in [0, 0.05) is 31.6 Å². The van der Waals surface area contributed by atoms with Gasteiger partial charge in [-0.05, 0) is 12.1 Å². The molecule has 1 aromatic heterocycles. The molecule has 0 spiro atoms. The van der Waals surface area contributed by atoms with Crippen LogP contribution in [0.15, 0.2) is 22.8 Å². The van der Waals surface area contributed by atoms with E-state index in [4.69, 9.17) is 4.42 Å². The Kier molecular flexibility index (Phi) is 6.19. The van der Waals surface area contributed by atoms with Crippen LogP contribution < -0.4 is 10.6 Å². The Morgan fingerprint density at radius 1 is 1.16 bits per heavy atom. The summed E-state index contributed by atoms with van der Waals surface area (Å²) in [6.07, 6.45) is 1.52. The van der Waals surface area contributed by atoms with Gasteiger partial charge in [-0.1, -0.05) is 20.8 Å². The van der Waals surface area contributed by atoms with Crippen molar-refractivity contribution in [3.63, 3.8) is 0 Å². The van der Waals surface area contributed by atoms with E-state index in [1.807, 2.05) is 30.6 Å². The topological polar surface area (TPSA) is 94.9 Å². The Morgan fingerprint density at radius 3 is 2.40 bits per heavy atom. The second-order valence-corrected chi connectivity index (χ2v) is 7.13. The number of hydrogen-bond donors (Lipinski definition) is 2. The average molecular weight is 350 g/mol. The van der Waals surface area contributed by atoms with Gasteiger partial charge in [0.2, 0.25) is 11.8 Å². The molecule has 2 heterocycles. The molecule has 8 heteroatoms. The van der Waals surface area contributed by atoms with Crippen molar-refractivity contribution in [1.82, 2.24) is 20.4 Å². The summed E-state index contributed by atoms with van der Waals surface area (Å²) in [5.74, 6) is 0.365. The second-order valence-electron chi connectivity index (χ2n) is 7.13. The van der Waals surface area contributed by atoms with E-state index in [1.54, 1.807) is 12.1 Å². The van der Waals surface area contributed by atoms with Crippen LogP contribution >= 0.6 is 0 Å². The number of nitrogens with zero attached hydrogens (tertiary/aromatic N) is 2. The molecule has 0 atom stereocenters. The van der Waals surface area contributed by atoms with Gasteiger partial charge in [0.15, 0.2) is 0 Å². The van der Waals surface area contributed by atoms with Crippen molar-refractivity contribution in [1.29, 1.82) is 0 Å². The van der Waals surface area contributed by atoms with Crippen LogP contribution in [0.1, 0.15) is 26.5 Å². The number of carbonyl (C=O) groups is 3. The van der Waals surface area contributed by atoms with E-state index in [0.717, 1.165) is 0 Å². The number of rotatable bonds is 4. The summed E-state index contributed by atoms with van der Waals surface area (Å²) in [4.78, 5) is 39.6. The molecule has 8 nitrogen and oxygen atoms in total. The van der Waals surface area contributed by atoms with Gasteiger partial charge >= 0.3 is 6.03 Å². The van der Waals surface area contributed by atoms with Crippen LogP contribution in [0, 0.1) is 5.41 Å².